The van der Waals surface area contributed by atoms with E-state index in [2.05, 4.69) is 20.2 Å². The van der Waals surface area contributed by atoms with Crippen LogP contribution in [0.2, 0.25) is 0 Å². The van der Waals surface area contributed by atoms with Crippen LogP contribution in [0.1, 0.15) is 37.4 Å². The van der Waals surface area contributed by atoms with Gasteiger partial charge < -0.3 is 4.98 Å². The Morgan fingerprint density at radius 2 is 2.17 bits per heavy atom. The molecule has 1 aliphatic carbocycles. The zero-order chi connectivity index (χ0) is 16.3. The van der Waals surface area contributed by atoms with Gasteiger partial charge in [-0.15, -0.1) is 10.2 Å². The topological polar surface area (TPSA) is 96.2 Å². The molecule has 1 N–H and O–H groups in total. The van der Waals surface area contributed by atoms with Gasteiger partial charge in [0.25, 0.3) is 0 Å². The predicted octanol–water partition coefficient (Wildman–Crippen LogP) is 1.28. The summed E-state index contributed by atoms with van der Waals surface area (Å²) in [6.07, 6.45) is 6.95. The van der Waals surface area contributed by atoms with E-state index in [1.165, 1.54) is 0 Å². The minimum Gasteiger partial charge on any atom is -0.345 e. The van der Waals surface area contributed by atoms with E-state index in [0.29, 0.717) is 6.54 Å². The van der Waals surface area contributed by atoms with Crippen molar-refractivity contribution in [1.29, 1.82) is 0 Å². The number of aromatic amines is 1. The molecule has 5 rings (SSSR count). The van der Waals surface area contributed by atoms with Crippen LogP contribution in [0.4, 0.5) is 0 Å². The number of fused-ring (bicyclic) bond motifs is 3. The van der Waals surface area contributed by atoms with Crippen molar-refractivity contribution in [2.45, 2.75) is 37.6 Å². The normalized spacial score (nSPS) is 27.5. The number of hydrogen-bond donors (Lipinski definition) is 1. The summed E-state index contributed by atoms with van der Waals surface area (Å²) in [6.45, 7) is 0.659. The highest BCUT2D eigenvalue weighted by atomic mass is 32.2. The molecule has 1 aliphatic heterocycles. The summed E-state index contributed by atoms with van der Waals surface area (Å²) < 4.78 is 28.1. The summed E-state index contributed by atoms with van der Waals surface area (Å²) in [5, 5.41) is 8.64. The number of hydrogen-bond acceptors (Lipinski definition) is 5. The second-order valence-corrected chi connectivity index (χ2v) is 8.71. The van der Waals surface area contributed by atoms with Gasteiger partial charge in [-0.1, -0.05) is 0 Å². The van der Waals surface area contributed by atoms with E-state index < -0.39 is 10.0 Å². The van der Waals surface area contributed by atoms with E-state index in [-0.39, 0.29) is 17.7 Å². The molecular weight excluding hydrogens is 328 g/mol. The van der Waals surface area contributed by atoms with Gasteiger partial charge in [0.15, 0.2) is 11.3 Å². The Morgan fingerprint density at radius 1 is 1.25 bits per heavy atom. The number of nitrogens with zero attached hydrogens (tertiary/aromatic N) is 5. The molecule has 1 saturated heterocycles. The zero-order valence-electron chi connectivity index (χ0n) is 13.1. The third-order valence-electron chi connectivity index (χ3n) is 5.28. The average Bonchev–Trinajstić information content (AvgIpc) is 3.30. The molecule has 9 heteroatoms. The first-order chi connectivity index (χ1) is 11.6. The van der Waals surface area contributed by atoms with Crippen LogP contribution in [0.25, 0.3) is 16.8 Å². The summed E-state index contributed by atoms with van der Waals surface area (Å²) in [7, 11) is -3.06. The summed E-state index contributed by atoms with van der Waals surface area (Å²) in [6, 6.07) is 2.07. The lowest BCUT2D eigenvalue weighted by Gasteiger charge is -2.22. The van der Waals surface area contributed by atoms with Gasteiger partial charge in [-0.25, -0.2) is 13.4 Å². The molecule has 0 spiro atoms. The van der Waals surface area contributed by atoms with Crippen molar-refractivity contribution < 1.29 is 8.42 Å². The molecule has 2 atom stereocenters. The van der Waals surface area contributed by atoms with Crippen LogP contribution >= 0.6 is 0 Å². The fraction of sp³-hybridized carbons (Fsp3) is 0.533. The maximum atomic E-state index is 12.2. The molecule has 2 aliphatic rings. The number of sulfonamides is 1. The first-order valence-electron chi connectivity index (χ1n) is 8.30. The molecule has 0 unspecified atom stereocenters. The van der Waals surface area contributed by atoms with E-state index in [9.17, 15) is 8.42 Å². The second-order valence-electron chi connectivity index (χ2n) is 6.67. The smallest absolute Gasteiger partial charge is 0.214 e. The Bertz CT molecular complexity index is 1020. The van der Waals surface area contributed by atoms with Crippen LogP contribution in [0.15, 0.2) is 18.5 Å². The molecule has 126 valence electrons. The van der Waals surface area contributed by atoms with Crippen LogP contribution in [0.3, 0.4) is 0 Å². The molecule has 3 aromatic rings. The largest absolute Gasteiger partial charge is 0.345 e. The van der Waals surface area contributed by atoms with Gasteiger partial charge in [-0.2, -0.15) is 4.31 Å². The van der Waals surface area contributed by atoms with E-state index in [0.717, 1.165) is 48.3 Å². The van der Waals surface area contributed by atoms with Crippen LogP contribution < -0.4 is 0 Å². The second kappa shape index (κ2) is 5.00. The van der Waals surface area contributed by atoms with Crippen molar-refractivity contribution in [2.75, 3.05) is 12.3 Å². The van der Waals surface area contributed by atoms with Crippen molar-refractivity contribution >= 4 is 26.8 Å². The van der Waals surface area contributed by atoms with Crippen LogP contribution in [0.5, 0.6) is 0 Å². The highest BCUT2D eigenvalue weighted by Crippen LogP contribution is 2.38. The lowest BCUT2D eigenvalue weighted by molar-refractivity contribution is 0.342. The number of nitrogens with one attached hydrogen (secondary N) is 1. The highest BCUT2D eigenvalue weighted by molar-refractivity contribution is 7.89. The van der Waals surface area contributed by atoms with E-state index in [1.807, 2.05) is 16.7 Å². The highest BCUT2D eigenvalue weighted by Gasteiger charge is 2.40. The SMILES string of the molecule is O=S1(=O)CCCN1[C@H]1CC[C@@H](c2nnc3cnc4[nH]ccc4n23)C1. The molecule has 2 fully saturated rings. The van der Waals surface area contributed by atoms with Crippen molar-refractivity contribution in [3.8, 4) is 0 Å². The van der Waals surface area contributed by atoms with Gasteiger partial charge in [-0.05, 0) is 31.7 Å². The summed E-state index contributed by atoms with van der Waals surface area (Å²) in [5.41, 5.74) is 2.50. The van der Waals surface area contributed by atoms with E-state index in [1.54, 1.807) is 10.5 Å². The van der Waals surface area contributed by atoms with Gasteiger partial charge in [0.05, 0.1) is 17.5 Å². The van der Waals surface area contributed by atoms with Crippen LogP contribution in [-0.2, 0) is 10.0 Å². The van der Waals surface area contributed by atoms with Crippen LogP contribution in [0, 0.1) is 0 Å². The minimum absolute atomic E-state index is 0.0957. The molecule has 0 aromatic carbocycles. The molecule has 8 nitrogen and oxygen atoms in total. The Balaban J connectivity index is 1.52. The fourth-order valence-electron chi connectivity index (χ4n) is 4.18. The first kappa shape index (κ1) is 14.4. The Labute approximate surface area is 138 Å². The predicted molar refractivity (Wildman–Crippen MR) is 88.1 cm³/mol. The summed E-state index contributed by atoms with van der Waals surface area (Å²) >= 11 is 0. The lowest BCUT2D eigenvalue weighted by atomic mass is 10.1. The molecule has 0 radical (unpaired) electrons. The molecule has 3 aromatic heterocycles. The Kier molecular flexibility index (Phi) is 2.99. The number of H-pyrrole nitrogens is 1. The fourth-order valence-corrected chi connectivity index (χ4v) is 5.97. The molecule has 4 heterocycles. The molecule has 24 heavy (non-hydrogen) atoms. The Morgan fingerprint density at radius 3 is 3.00 bits per heavy atom. The third-order valence-corrected chi connectivity index (χ3v) is 7.28. The lowest BCUT2D eigenvalue weighted by Crippen LogP contribution is -2.34. The number of rotatable bonds is 2. The van der Waals surface area contributed by atoms with E-state index in [4.69, 9.17) is 0 Å². The van der Waals surface area contributed by atoms with E-state index >= 15 is 0 Å². The standard InChI is InChI=1S/C15H18N6O2S/c22-24(23)7-1-6-20(24)11-3-2-10(8-11)15-19-18-13-9-17-14-12(21(13)15)4-5-16-14/h4-5,9-11,16H,1-3,6-8H2/t10-,11+/m1/s1. The monoisotopic (exact) mass is 346 g/mol. The third kappa shape index (κ3) is 2.01. The quantitative estimate of drug-likeness (QED) is 0.754. The van der Waals surface area contributed by atoms with Crippen molar-refractivity contribution in [1.82, 2.24) is 28.9 Å². The zero-order valence-corrected chi connectivity index (χ0v) is 13.9. The van der Waals surface area contributed by atoms with Gasteiger partial charge in [0.1, 0.15) is 5.82 Å². The van der Waals surface area contributed by atoms with Gasteiger partial charge in [-0.3, -0.25) is 4.40 Å². The first-order valence-corrected chi connectivity index (χ1v) is 9.91. The van der Waals surface area contributed by atoms with Crippen molar-refractivity contribution in [2.24, 2.45) is 0 Å². The maximum Gasteiger partial charge on any atom is 0.214 e. The molecule has 0 bridgehead atoms. The van der Waals surface area contributed by atoms with Crippen molar-refractivity contribution in [3.05, 3.63) is 24.3 Å². The molecule has 0 amide bonds. The Hall–Kier alpha value is -2.00. The molecular formula is C15H18N6O2S. The average molecular weight is 346 g/mol. The summed E-state index contributed by atoms with van der Waals surface area (Å²) in [4.78, 5) is 7.45. The summed E-state index contributed by atoms with van der Waals surface area (Å²) in [5.74, 6) is 1.43. The van der Waals surface area contributed by atoms with Gasteiger partial charge >= 0.3 is 0 Å². The number of aromatic nitrogens is 5. The molecule has 1 saturated carbocycles. The minimum atomic E-state index is -3.06. The van der Waals surface area contributed by atoms with Crippen LogP contribution in [-0.4, -0.2) is 55.6 Å². The van der Waals surface area contributed by atoms with Crippen molar-refractivity contribution in [3.63, 3.8) is 0 Å². The maximum absolute atomic E-state index is 12.2. The van der Waals surface area contributed by atoms with Gasteiger partial charge in [0, 0.05) is 24.7 Å². The van der Waals surface area contributed by atoms with Gasteiger partial charge in [0.2, 0.25) is 10.0 Å².